The Kier molecular flexibility index (Phi) is 2.33. The zero-order chi connectivity index (χ0) is 10.2. The van der Waals surface area contributed by atoms with Crippen molar-refractivity contribution < 1.29 is 18.9 Å². The number of phosphoric ester groups is 1. The van der Waals surface area contributed by atoms with E-state index in [2.05, 4.69) is 4.52 Å². The van der Waals surface area contributed by atoms with Gasteiger partial charge in [-0.25, -0.2) is 4.57 Å². The van der Waals surface area contributed by atoms with Crippen LogP contribution in [0, 0.1) is 0 Å². The Labute approximate surface area is 84.0 Å². The molecule has 6 heteroatoms. The van der Waals surface area contributed by atoms with Gasteiger partial charge >= 0.3 is 7.82 Å². The van der Waals surface area contributed by atoms with Gasteiger partial charge in [0.05, 0.1) is 0 Å². The summed E-state index contributed by atoms with van der Waals surface area (Å²) in [6, 6.07) is 9.06. The van der Waals surface area contributed by atoms with Gasteiger partial charge in [-0.2, -0.15) is 0 Å². The van der Waals surface area contributed by atoms with Crippen LogP contribution in [0.5, 0.6) is 5.06 Å². The average molecular weight is 230 g/mol. The average Bonchev–Trinajstić information content (AvgIpc) is 2.42. The van der Waals surface area contributed by atoms with Crippen molar-refractivity contribution in [3.05, 3.63) is 30.3 Å². The molecule has 1 aromatic carbocycles. The van der Waals surface area contributed by atoms with E-state index in [0.717, 1.165) is 10.1 Å². The van der Waals surface area contributed by atoms with Crippen LogP contribution in [0.3, 0.4) is 0 Å². The number of benzene rings is 1. The maximum atomic E-state index is 10.6. The van der Waals surface area contributed by atoms with Gasteiger partial charge in [0, 0.05) is 10.8 Å². The second-order valence-electron chi connectivity index (χ2n) is 2.69. The normalized spacial score (nSPS) is 11.9. The third kappa shape index (κ3) is 2.13. The van der Waals surface area contributed by atoms with E-state index in [0.29, 0.717) is 0 Å². The molecule has 0 radical (unpaired) electrons. The zero-order valence-electron chi connectivity index (χ0n) is 6.95. The summed E-state index contributed by atoms with van der Waals surface area (Å²) in [6.07, 6.45) is 0. The van der Waals surface area contributed by atoms with E-state index in [1.54, 1.807) is 6.07 Å². The van der Waals surface area contributed by atoms with Crippen molar-refractivity contribution in [2.24, 2.45) is 0 Å². The molecule has 2 rings (SSSR count). The summed E-state index contributed by atoms with van der Waals surface area (Å²) in [5.41, 5.74) is 0. The minimum Gasteiger partial charge on any atom is -0.394 e. The third-order valence-corrected chi connectivity index (χ3v) is 3.16. The Bertz CT molecular complexity index is 468. The molecule has 0 bridgehead atoms. The highest BCUT2D eigenvalue weighted by Crippen LogP contribution is 2.42. The molecule has 2 aromatic rings. The van der Waals surface area contributed by atoms with E-state index >= 15 is 0 Å². The van der Waals surface area contributed by atoms with Crippen molar-refractivity contribution in [1.82, 2.24) is 0 Å². The lowest BCUT2D eigenvalue weighted by Crippen LogP contribution is -1.86. The van der Waals surface area contributed by atoms with Crippen molar-refractivity contribution in [2.75, 3.05) is 0 Å². The molecule has 1 aromatic heterocycles. The third-order valence-electron chi connectivity index (χ3n) is 1.61. The number of hydrogen-bond acceptors (Lipinski definition) is 3. The number of fused-ring (bicyclic) bond motifs is 1. The van der Waals surface area contributed by atoms with Gasteiger partial charge in [0.15, 0.2) is 5.06 Å². The van der Waals surface area contributed by atoms with Gasteiger partial charge in [0.25, 0.3) is 0 Å². The van der Waals surface area contributed by atoms with E-state index < -0.39 is 7.82 Å². The fourth-order valence-corrected chi connectivity index (χ4v) is 2.64. The molecular weight excluding hydrogens is 223 g/mol. The molecule has 0 unspecified atom stereocenters. The summed E-state index contributed by atoms with van der Waals surface area (Å²) < 4.78 is 16.0. The summed E-state index contributed by atoms with van der Waals surface area (Å²) in [4.78, 5) is 17.2. The van der Waals surface area contributed by atoms with Crippen LogP contribution in [-0.4, -0.2) is 9.79 Å². The monoisotopic (exact) mass is 230 g/mol. The van der Waals surface area contributed by atoms with Crippen LogP contribution in [0.4, 0.5) is 0 Å². The fourth-order valence-electron chi connectivity index (χ4n) is 1.12. The van der Waals surface area contributed by atoms with Crippen molar-refractivity contribution in [1.29, 1.82) is 0 Å². The Morgan fingerprint density at radius 3 is 2.64 bits per heavy atom. The first kappa shape index (κ1) is 9.68. The van der Waals surface area contributed by atoms with Crippen LogP contribution in [0.1, 0.15) is 0 Å². The van der Waals surface area contributed by atoms with Crippen molar-refractivity contribution >= 4 is 29.2 Å². The predicted octanol–water partition coefficient (Wildman–Crippen LogP) is 2.37. The van der Waals surface area contributed by atoms with Crippen LogP contribution in [-0.2, 0) is 4.57 Å². The molecule has 2 N–H and O–H groups in total. The van der Waals surface area contributed by atoms with Crippen LogP contribution < -0.4 is 4.52 Å². The number of thiophene rings is 1. The minimum absolute atomic E-state index is 0.236. The van der Waals surface area contributed by atoms with Crippen molar-refractivity contribution in [3.63, 3.8) is 0 Å². The van der Waals surface area contributed by atoms with Gasteiger partial charge in [-0.1, -0.05) is 29.5 Å². The fraction of sp³-hybridized carbons (Fsp3) is 0. The number of rotatable bonds is 2. The molecule has 0 spiro atoms. The van der Waals surface area contributed by atoms with Crippen molar-refractivity contribution in [3.8, 4) is 5.06 Å². The largest absolute Gasteiger partial charge is 0.525 e. The van der Waals surface area contributed by atoms with Gasteiger partial charge in [0.2, 0.25) is 0 Å². The van der Waals surface area contributed by atoms with Crippen LogP contribution in [0.2, 0.25) is 0 Å². The molecule has 4 nitrogen and oxygen atoms in total. The molecule has 0 aliphatic carbocycles. The molecule has 0 amide bonds. The summed E-state index contributed by atoms with van der Waals surface area (Å²) >= 11 is 1.21. The first-order valence-corrected chi connectivity index (χ1v) is 6.13. The molecule has 0 aliphatic heterocycles. The first-order valence-electron chi connectivity index (χ1n) is 3.78. The van der Waals surface area contributed by atoms with Gasteiger partial charge in [-0.15, -0.1) is 0 Å². The van der Waals surface area contributed by atoms with Gasteiger partial charge in [-0.05, 0) is 11.5 Å². The Balaban J connectivity index is 2.41. The van der Waals surface area contributed by atoms with E-state index in [1.165, 1.54) is 11.3 Å². The lowest BCUT2D eigenvalue weighted by atomic mass is 10.3. The summed E-state index contributed by atoms with van der Waals surface area (Å²) in [5, 5.41) is 1.15. The smallest absolute Gasteiger partial charge is 0.394 e. The van der Waals surface area contributed by atoms with Gasteiger partial charge < -0.3 is 4.52 Å². The Hall–Kier alpha value is -0.870. The topological polar surface area (TPSA) is 66.8 Å². The molecule has 0 fully saturated rings. The summed E-state index contributed by atoms with van der Waals surface area (Å²) in [6.45, 7) is 0. The van der Waals surface area contributed by atoms with Crippen LogP contribution in [0.15, 0.2) is 30.3 Å². The second-order valence-corrected chi connectivity index (χ2v) is 4.90. The second kappa shape index (κ2) is 3.37. The lowest BCUT2D eigenvalue weighted by Gasteiger charge is -2.01. The Morgan fingerprint density at radius 1 is 1.29 bits per heavy atom. The Morgan fingerprint density at radius 2 is 2.00 bits per heavy atom. The molecular formula is C8H7O4PS. The SMILES string of the molecule is O=P(O)(O)Oc1cc2ccccc2s1. The van der Waals surface area contributed by atoms with E-state index in [-0.39, 0.29) is 5.06 Å². The van der Waals surface area contributed by atoms with Gasteiger partial charge in [-0.3, -0.25) is 9.79 Å². The van der Waals surface area contributed by atoms with E-state index in [1.807, 2.05) is 24.3 Å². The summed E-state index contributed by atoms with van der Waals surface area (Å²) in [7, 11) is -4.43. The lowest BCUT2D eigenvalue weighted by molar-refractivity contribution is 0.286. The molecule has 74 valence electrons. The number of phosphoric acid groups is 1. The molecule has 0 atom stereocenters. The quantitative estimate of drug-likeness (QED) is 0.777. The highest BCUT2D eigenvalue weighted by molar-refractivity contribution is 7.47. The molecule has 1 heterocycles. The zero-order valence-corrected chi connectivity index (χ0v) is 8.66. The predicted molar refractivity (Wildman–Crippen MR) is 54.5 cm³/mol. The number of hydrogen-bond donors (Lipinski definition) is 2. The van der Waals surface area contributed by atoms with E-state index in [4.69, 9.17) is 9.79 Å². The first-order chi connectivity index (χ1) is 6.54. The summed E-state index contributed by atoms with van der Waals surface area (Å²) in [5.74, 6) is 0. The molecule has 0 aliphatic rings. The highest BCUT2D eigenvalue weighted by atomic mass is 32.1. The molecule has 0 saturated heterocycles. The standard InChI is InChI=1S/C8H7O4PS/c9-13(10,11)12-8-5-6-3-1-2-4-7(6)14-8/h1-5H,(H2,9,10,11). The van der Waals surface area contributed by atoms with Crippen molar-refractivity contribution in [2.45, 2.75) is 0 Å². The molecule has 0 saturated carbocycles. The highest BCUT2D eigenvalue weighted by Gasteiger charge is 2.17. The minimum atomic E-state index is -4.43. The van der Waals surface area contributed by atoms with Crippen LogP contribution in [0.25, 0.3) is 10.1 Å². The van der Waals surface area contributed by atoms with E-state index in [9.17, 15) is 4.57 Å². The molecule has 14 heavy (non-hydrogen) atoms. The van der Waals surface area contributed by atoms with Crippen LogP contribution >= 0.6 is 19.2 Å². The maximum absolute atomic E-state index is 10.6. The maximum Gasteiger partial charge on any atom is 0.525 e. The van der Waals surface area contributed by atoms with Gasteiger partial charge in [0.1, 0.15) is 0 Å².